The van der Waals surface area contributed by atoms with E-state index in [0.29, 0.717) is 61.8 Å². The number of carbonyl (C=O) groups excluding carboxylic acids is 4. The minimum Gasteiger partial charge on any atom is -0.465 e. The average Bonchev–Trinajstić information content (AvgIpc) is 2.86. The Morgan fingerprint density at radius 3 is 1.76 bits per heavy atom. The van der Waals surface area contributed by atoms with Crippen LogP contribution in [0.3, 0.4) is 0 Å². The van der Waals surface area contributed by atoms with Crippen LogP contribution in [0.2, 0.25) is 0 Å². The second-order valence-electron chi connectivity index (χ2n) is 9.51. The number of nitrogens with one attached hydrogen (secondary N) is 2. The Kier molecular flexibility index (Phi) is 16.7. The molecule has 37 heavy (non-hydrogen) atoms. The van der Waals surface area contributed by atoms with Crippen molar-refractivity contribution in [3.8, 4) is 0 Å². The van der Waals surface area contributed by atoms with Gasteiger partial charge in [0.2, 0.25) is 0 Å². The molecular weight excluding hydrogens is 480 g/mol. The van der Waals surface area contributed by atoms with Crippen LogP contribution >= 0.6 is 0 Å². The van der Waals surface area contributed by atoms with Crippen LogP contribution in [0.15, 0.2) is 24.3 Å². The van der Waals surface area contributed by atoms with Gasteiger partial charge in [-0.3, -0.25) is 4.79 Å². The normalized spacial score (nSPS) is 16.8. The highest BCUT2D eigenvalue weighted by atomic mass is 16.6. The second kappa shape index (κ2) is 19.3. The summed E-state index contributed by atoms with van der Waals surface area (Å²) in [6, 6.07) is 0. The molecule has 10 nitrogen and oxygen atoms in total. The SMILES string of the molecule is C=C(C)C(=O)OCCCCOC(=O)CNCC1CCCC(CNC(=O)OCCCCOC(=O)C(=C)C)C1. The molecule has 0 aromatic rings. The smallest absolute Gasteiger partial charge is 0.407 e. The lowest BCUT2D eigenvalue weighted by atomic mass is 9.81. The zero-order valence-corrected chi connectivity index (χ0v) is 22.4. The van der Waals surface area contributed by atoms with Gasteiger partial charge in [0.15, 0.2) is 0 Å². The first-order chi connectivity index (χ1) is 17.7. The number of rotatable bonds is 18. The summed E-state index contributed by atoms with van der Waals surface area (Å²) in [5.74, 6) is -0.305. The number of unbranched alkanes of at least 4 members (excludes halogenated alkanes) is 2. The van der Waals surface area contributed by atoms with E-state index < -0.39 is 18.0 Å². The maximum Gasteiger partial charge on any atom is 0.407 e. The third-order valence-electron chi connectivity index (χ3n) is 5.87. The molecule has 2 atom stereocenters. The number of ether oxygens (including phenoxy) is 4. The van der Waals surface area contributed by atoms with Gasteiger partial charge in [-0.2, -0.15) is 0 Å². The van der Waals surface area contributed by atoms with Crippen LogP contribution in [0.25, 0.3) is 0 Å². The van der Waals surface area contributed by atoms with E-state index in [2.05, 4.69) is 23.8 Å². The lowest BCUT2D eigenvalue weighted by Gasteiger charge is -2.29. The predicted molar refractivity (Wildman–Crippen MR) is 139 cm³/mol. The van der Waals surface area contributed by atoms with Crippen molar-refractivity contribution < 1.29 is 38.1 Å². The number of amides is 1. The Morgan fingerprint density at radius 1 is 0.730 bits per heavy atom. The molecule has 1 saturated carbocycles. The van der Waals surface area contributed by atoms with Crippen LogP contribution < -0.4 is 10.6 Å². The lowest BCUT2D eigenvalue weighted by Crippen LogP contribution is -2.35. The third kappa shape index (κ3) is 16.5. The van der Waals surface area contributed by atoms with Crippen molar-refractivity contribution in [3.63, 3.8) is 0 Å². The van der Waals surface area contributed by atoms with Gasteiger partial charge < -0.3 is 29.6 Å². The zero-order valence-electron chi connectivity index (χ0n) is 22.4. The van der Waals surface area contributed by atoms with Crippen molar-refractivity contribution in [1.29, 1.82) is 0 Å². The van der Waals surface area contributed by atoms with Crippen LogP contribution in [0.5, 0.6) is 0 Å². The van der Waals surface area contributed by atoms with E-state index in [1.807, 2.05) is 0 Å². The molecule has 0 radical (unpaired) electrons. The summed E-state index contributed by atoms with van der Waals surface area (Å²) in [7, 11) is 0. The summed E-state index contributed by atoms with van der Waals surface area (Å²) in [5.41, 5.74) is 0.729. The van der Waals surface area contributed by atoms with Crippen LogP contribution in [-0.4, -0.2) is 70.1 Å². The van der Waals surface area contributed by atoms with E-state index in [4.69, 9.17) is 18.9 Å². The van der Waals surface area contributed by atoms with Gasteiger partial charge in [-0.05, 0) is 77.2 Å². The van der Waals surface area contributed by atoms with Crippen molar-refractivity contribution in [1.82, 2.24) is 10.6 Å². The quantitative estimate of drug-likeness (QED) is 0.120. The standard InChI is InChI=1S/C27H44N2O8/c1-20(2)25(31)35-13-6-5-12-34-24(30)19-28-17-22-10-9-11-23(16-22)18-29-27(33)37-15-8-7-14-36-26(32)21(3)4/h22-23,28H,1,3,5-19H2,2,4H3,(H,29,33). The van der Waals surface area contributed by atoms with Gasteiger partial charge >= 0.3 is 24.0 Å². The highest BCUT2D eigenvalue weighted by molar-refractivity contribution is 5.87. The molecule has 1 amide bonds. The van der Waals surface area contributed by atoms with E-state index in [1.54, 1.807) is 13.8 Å². The number of alkyl carbamates (subject to hydrolysis) is 1. The summed E-state index contributed by atoms with van der Waals surface area (Å²) in [6.45, 7) is 12.8. The van der Waals surface area contributed by atoms with Gasteiger partial charge in [-0.15, -0.1) is 0 Å². The van der Waals surface area contributed by atoms with E-state index in [0.717, 1.165) is 32.2 Å². The van der Waals surface area contributed by atoms with Gasteiger partial charge in [0.1, 0.15) is 0 Å². The van der Waals surface area contributed by atoms with Crippen LogP contribution in [0.4, 0.5) is 4.79 Å². The Morgan fingerprint density at radius 2 is 1.22 bits per heavy atom. The maximum absolute atomic E-state index is 11.9. The van der Waals surface area contributed by atoms with Gasteiger partial charge in [0.05, 0.1) is 33.0 Å². The molecule has 0 bridgehead atoms. The van der Waals surface area contributed by atoms with Gasteiger partial charge in [-0.1, -0.05) is 19.6 Å². The van der Waals surface area contributed by atoms with Crippen molar-refractivity contribution in [3.05, 3.63) is 24.3 Å². The van der Waals surface area contributed by atoms with Crippen molar-refractivity contribution >= 4 is 24.0 Å². The number of hydrogen-bond donors (Lipinski definition) is 2. The minimum absolute atomic E-state index is 0.156. The third-order valence-corrected chi connectivity index (χ3v) is 5.87. The Balaban J connectivity index is 2.04. The second-order valence-corrected chi connectivity index (χ2v) is 9.51. The average molecular weight is 525 g/mol. The first-order valence-electron chi connectivity index (χ1n) is 13.1. The summed E-state index contributed by atoms with van der Waals surface area (Å²) in [4.78, 5) is 46.4. The minimum atomic E-state index is -0.434. The largest absolute Gasteiger partial charge is 0.465 e. The Hall–Kier alpha value is -2.88. The summed E-state index contributed by atoms with van der Waals surface area (Å²) in [6.07, 6.45) is 6.23. The lowest BCUT2D eigenvalue weighted by molar-refractivity contribution is -0.143. The van der Waals surface area contributed by atoms with Gasteiger partial charge in [0.25, 0.3) is 0 Å². The molecule has 1 aliphatic carbocycles. The molecular formula is C27H44N2O8. The van der Waals surface area contributed by atoms with Crippen molar-refractivity contribution in [2.45, 2.75) is 65.2 Å². The molecule has 10 heteroatoms. The number of hydrogen-bond acceptors (Lipinski definition) is 9. The molecule has 0 aromatic heterocycles. The molecule has 210 valence electrons. The van der Waals surface area contributed by atoms with Gasteiger partial charge in [0, 0.05) is 17.7 Å². The first kappa shape index (κ1) is 32.1. The molecule has 1 rings (SSSR count). The van der Waals surface area contributed by atoms with Crippen LogP contribution in [-0.2, 0) is 33.3 Å². The zero-order chi connectivity index (χ0) is 27.5. The van der Waals surface area contributed by atoms with Crippen molar-refractivity contribution in [2.75, 3.05) is 46.1 Å². The van der Waals surface area contributed by atoms with Crippen LogP contribution in [0, 0.1) is 11.8 Å². The highest BCUT2D eigenvalue weighted by Gasteiger charge is 2.22. The fraction of sp³-hybridized carbons (Fsp3) is 0.704. The molecule has 2 N–H and O–H groups in total. The summed E-state index contributed by atoms with van der Waals surface area (Å²) < 4.78 is 20.4. The molecule has 1 fully saturated rings. The maximum atomic E-state index is 11.9. The molecule has 0 aromatic carbocycles. The van der Waals surface area contributed by atoms with E-state index >= 15 is 0 Å². The summed E-state index contributed by atoms with van der Waals surface area (Å²) >= 11 is 0. The van der Waals surface area contributed by atoms with E-state index in [-0.39, 0.29) is 32.3 Å². The highest BCUT2D eigenvalue weighted by Crippen LogP contribution is 2.28. The van der Waals surface area contributed by atoms with E-state index in [1.165, 1.54) is 0 Å². The molecule has 0 aliphatic heterocycles. The molecule has 0 heterocycles. The first-order valence-corrected chi connectivity index (χ1v) is 13.1. The fourth-order valence-electron chi connectivity index (χ4n) is 3.82. The number of esters is 3. The van der Waals surface area contributed by atoms with Crippen LogP contribution in [0.1, 0.15) is 65.2 Å². The van der Waals surface area contributed by atoms with E-state index in [9.17, 15) is 19.2 Å². The molecule has 2 unspecified atom stereocenters. The molecule has 0 spiro atoms. The Labute approximate surface area is 220 Å². The fourth-order valence-corrected chi connectivity index (χ4v) is 3.82. The Bertz CT molecular complexity index is 768. The molecule has 1 aliphatic rings. The monoisotopic (exact) mass is 524 g/mol. The topological polar surface area (TPSA) is 129 Å². The number of carbonyl (C=O) groups is 4. The predicted octanol–water partition coefficient (Wildman–Crippen LogP) is 3.45. The summed E-state index contributed by atoms with van der Waals surface area (Å²) in [5, 5.41) is 6.01. The van der Waals surface area contributed by atoms with Crippen molar-refractivity contribution in [2.24, 2.45) is 11.8 Å². The molecule has 0 saturated heterocycles. The van der Waals surface area contributed by atoms with Gasteiger partial charge in [-0.25, -0.2) is 14.4 Å².